The van der Waals surface area contributed by atoms with E-state index in [0.717, 1.165) is 6.42 Å². The minimum Gasteiger partial charge on any atom is -0.481 e. The van der Waals surface area contributed by atoms with E-state index in [1.165, 1.54) is 0 Å². The van der Waals surface area contributed by atoms with Crippen LogP contribution in [0.15, 0.2) is 0 Å². The summed E-state index contributed by atoms with van der Waals surface area (Å²) in [6.45, 7) is 8.42. The van der Waals surface area contributed by atoms with Crippen LogP contribution < -0.4 is 0 Å². The molecule has 4 heteroatoms. The maximum Gasteiger partial charge on any atom is 0.306 e. The highest BCUT2D eigenvalue weighted by atomic mass is 16.4. The predicted octanol–water partition coefficient (Wildman–Crippen LogP) is 2.13. The molecule has 0 aliphatic carbocycles. The number of piperidine rings is 1. The lowest BCUT2D eigenvalue weighted by Gasteiger charge is -2.40. The summed E-state index contributed by atoms with van der Waals surface area (Å²) in [5.74, 6) is -0.881. The molecule has 2 atom stereocenters. The van der Waals surface area contributed by atoms with E-state index in [9.17, 15) is 9.59 Å². The molecule has 0 aromatic rings. The topological polar surface area (TPSA) is 57.6 Å². The highest BCUT2D eigenvalue weighted by Crippen LogP contribution is 2.29. The summed E-state index contributed by atoms with van der Waals surface area (Å²) < 4.78 is 0. The van der Waals surface area contributed by atoms with E-state index in [1.54, 1.807) is 0 Å². The third-order valence-electron chi connectivity index (χ3n) is 3.95. The van der Waals surface area contributed by atoms with Crippen molar-refractivity contribution in [2.24, 2.45) is 11.3 Å². The Kier molecular flexibility index (Phi) is 4.17. The second-order valence-electron chi connectivity index (χ2n) is 5.64. The van der Waals surface area contributed by atoms with Gasteiger partial charge in [-0.3, -0.25) is 9.59 Å². The van der Waals surface area contributed by atoms with Crippen LogP contribution in [-0.4, -0.2) is 34.5 Å². The monoisotopic (exact) mass is 241 g/mol. The number of carboxylic acids is 1. The lowest BCUT2D eigenvalue weighted by molar-refractivity contribution is -0.151. The van der Waals surface area contributed by atoms with Gasteiger partial charge in [0.15, 0.2) is 0 Å². The van der Waals surface area contributed by atoms with Crippen LogP contribution >= 0.6 is 0 Å². The molecule has 1 N–H and O–H groups in total. The molecular weight excluding hydrogens is 218 g/mol. The zero-order valence-electron chi connectivity index (χ0n) is 11.2. The number of carbonyl (C=O) groups is 2. The van der Waals surface area contributed by atoms with Crippen LogP contribution in [0.5, 0.6) is 0 Å². The number of nitrogens with zero attached hydrogens (tertiary/aromatic N) is 1. The van der Waals surface area contributed by atoms with Gasteiger partial charge in [-0.25, -0.2) is 0 Å². The Labute approximate surface area is 103 Å². The molecule has 1 amide bonds. The Morgan fingerprint density at radius 1 is 1.41 bits per heavy atom. The molecule has 0 radical (unpaired) electrons. The van der Waals surface area contributed by atoms with Gasteiger partial charge in [0.05, 0.1) is 5.92 Å². The molecule has 1 heterocycles. The van der Waals surface area contributed by atoms with Gasteiger partial charge >= 0.3 is 5.97 Å². The zero-order chi connectivity index (χ0) is 13.2. The van der Waals surface area contributed by atoms with Crippen molar-refractivity contribution in [2.75, 3.05) is 6.54 Å². The fourth-order valence-electron chi connectivity index (χ4n) is 2.24. The zero-order valence-corrected chi connectivity index (χ0v) is 11.2. The Balaban J connectivity index is 2.70. The first kappa shape index (κ1) is 14.0. The lowest BCUT2D eigenvalue weighted by atomic mass is 9.85. The first-order valence-corrected chi connectivity index (χ1v) is 6.33. The third-order valence-corrected chi connectivity index (χ3v) is 3.95. The van der Waals surface area contributed by atoms with E-state index in [0.29, 0.717) is 19.4 Å². The number of rotatable bonds is 3. The van der Waals surface area contributed by atoms with Crippen LogP contribution in [0.4, 0.5) is 0 Å². The van der Waals surface area contributed by atoms with Crippen molar-refractivity contribution in [3.05, 3.63) is 0 Å². The van der Waals surface area contributed by atoms with Gasteiger partial charge in [-0.1, -0.05) is 20.8 Å². The summed E-state index contributed by atoms with van der Waals surface area (Å²) in [7, 11) is 0. The number of hydrogen-bond donors (Lipinski definition) is 1. The maximum atomic E-state index is 12.3. The third kappa shape index (κ3) is 2.99. The van der Waals surface area contributed by atoms with Crippen LogP contribution in [-0.2, 0) is 9.59 Å². The number of hydrogen-bond acceptors (Lipinski definition) is 2. The van der Waals surface area contributed by atoms with E-state index in [4.69, 9.17) is 5.11 Å². The Bertz CT molecular complexity index is 312. The predicted molar refractivity (Wildman–Crippen MR) is 65.6 cm³/mol. The molecule has 0 spiro atoms. The fraction of sp³-hybridized carbons (Fsp3) is 0.846. The summed E-state index contributed by atoms with van der Waals surface area (Å²) >= 11 is 0. The number of carbonyl (C=O) groups excluding carboxylic acids is 1. The Morgan fingerprint density at radius 3 is 2.41 bits per heavy atom. The van der Waals surface area contributed by atoms with Crippen LogP contribution in [0, 0.1) is 11.3 Å². The molecule has 98 valence electrons. The molecule has 1 fully saturated rings. The largest absolute Gasteiger partial charge is 0.481 e. The summed E-state index contributed by atoms with van der Waals surface area (Å²) in [4.78, 5) is 25.1. The van der Waals surface area contributed by atoms with Crippen molar-refractivity contribution >= 4 is 11.9 Å². The second-order valence-corrected chi connectivity index (χ2v) is 5.64. The van der Waals surface area contributed by atoms with Gasteiger partial charge in [0.2, 0.25) is 5.91 Å². The molecule has 0 aromatic heterocycles. The molecule has 4 nitrogen and oxygen atoms in total. The van der Waals surface area contributed by atoms with Crippen molar-refractivity contribution < 1.29 is 14.7 Å². The van der Waals surface area contributed by atoms with Crippen molar-refractivity contribution in [1.29, 1.82) is 0 Å². The molecule has 2 unspecified atom stereocenters. The molecule has 17 heavy (non-hydrogen) atoms. The molecule has 0 saturated carbocycles. The minimum atomic E-state index is -0.737. The first-order chi connectivity index (χ1) is 7.79. The molecule has 1 saturated heterocycles. The van der Waals surface area contributed by atoms with Crippen molar-refractivity contribution in [2.45, 2.75) is 53.0 Å². The molecule has 0 aromatic carbocycles. The minimum absolute atomic E-state index is 0.0307. The van der Waals surface area contributed by atoms with Gasteiger partial charge in [-0.15, -0.1) is 0 Å². The maximum absolute atomic E-state index is 12.3. The smallest absolute Gasteiger partial charge is 0.306 e. The van der Waals surface area contributed by atoms with Gasteiger partial charge < -0.3 is 10.0 Å². The number of amides is 1. The normalized spacial score (nSPS) is 25.8. The molecule has 1 aliphatic heterocycles. The van der Waals surface area contributed by atoms with Gasteiger partial charge in [0.25, 0.3) is 0 Å². The highest BCUT2D eigenvalue weighted by Gasteiger charge is 2.37. The standard InChI is InChI=1S/C13H23NO3/c1-5-13(3,4)12(17)14-7-6-10(11(15)16)8-9(14)2/h9-10H,5-8H2,1-4H3,(H,15,16). The van der Waals surface area contributed by atoms with Crippen LogP contribution in [0.25, 0.3) is 0 Å². The van der Waals surface area contributed by atoms with Crippen molar-refractivity contribution in [3.63, 3.8) is 0 Å². The molecule has 0 bridgehead atoms. The number of likely N-dealkylation sites (tertiary alicyclic amines) is 1. The van der Waals surface area contributed by atoms with Gasteiger partial charge in [-0.2, -0.15) is 0 Å². The van der Waals surface area contributed by atoms with Gasteiger partial charge in [0.1, 0.15) is 0 Å². The van der Waals surface area contributed by atoms with E-state index >= 15 is 0 Å². The molecular formula is C13H23NO3. The highest BCUT2D eigenvalue weighted by molar-refractivity contribution is 5.82. The van der Waals surface area contributed by atoms with E-state index < -0.39 is 5.97 Å². The van der Waals surface area contributed by atoms with Gasteiger partial charge in [0, 0.05) is 18.0 Å². The quantitative estimate of drug-likeness (QED) is 0.823. The first-order valence-electron chi connectivity index (χ1n) is 6.33. The summed E-state index contributed by atoms with van der Waals surface area (Å²) in [6, 6.07) is 0.0307. The molecule has 1 rings (SSSR count). The Morgan fingerprint density at radius 2 is 2.00 bits per heavy atom. The average molecular weight is 241 g/mol. The van der Waals surface area contributed by atoms with Crippen LogP contribution in [0.2, 0.25) is 0 Å². The number of carboxylic acid groups (broad SMARTS) is 1. The average Bonchev–Trinajstić information content (AvgIpc) is 2.27. The van der Waals surface area contributed by atoms with Gasteiger partial charge in [-0.05, 0) is 26.2 Å². The summed E-state index contributed by atoms with van der Waals surface area (Å²) in [6.07, 6.45) is 1.95. The Hall–Kier alpha value is -1.06. The lowest BCUT2D eigenvalue weighted by Crippen LogP contribution is -2.50. The van der Waals surface area contributed by atoms with E-state index in [-0.39, 0.29) is 23.3 Å². The van der Waals surface area contributed by atoms with Crippen molar-refractivity contribution in [1.82, 2.24) is 4.90 Å². The number of aliphatic carboxylic acids is 1. The SMILES string of the molecule is CCC(C)(C)C(=O)N1CCC(C(=O)O)CC1C. The van der Waals surface area contributed by atoms with Crippen LogP contribution in [0.3, 0.4) is 0 Å². The van der Waals surface area contributed by atoms with Crippen LogP contribution in [0.1, 0.15) is 47.0 Å². The van der Waals surface area contributed by atoms with E-state index in [2.05, 4.69) is 0 Å². The summed E-state index contributed by atoms with van der Waals surface area (Å²) in [5.41, 5.74) is -0.343. The summed E-state index contributed by atoms with van der Waals surface area (Å²) in [5, 5.41) is 8.98. The fourth-order valence-corrected chi connectivity index (χ4v) is 2.24. The van der Waals surface area contributed by atoms with Crippen molar-refractivity contribution in [3.8, 4) is 0 Å². The molecule has 1 aliphatic rings. The van der Waals surface area contributed by atoms with E-state index in [1.807, 2.05) is 32.6 Å². The second kappa shape index (κ2) is 5.07.